The van der Waals surface area contributed by atoms with Gasteiger partial charge in [-0.15, -0.1) is 0 Å². The zero-order valence-corrected chi connectivity index (χ0v) is 22.1. The van der Waals surface area contributed by atoms with Crippen molar-refractivity contribution in [1.29, 1.82) is 0 Å². The molecule has 1 aliphatic rings. The van der Waals surface area contributed by atoms with Crippen LogP contribution in [0, 0.1) is 0 Å². The van der Waals surface area contributed by atoms with Crippen molar-refractivity contribution in [3.05, 3.63) is 138 Å². The minimum Gasteiger partial charge on any atom is -0.489 e. The molecular weight excluding hydrogens is 484 g/mol. The van der Waals surface area contributed by atoms with E-state index in [0.717, 1.165) is 48.4 Å². The third-order valence-electron chi connectivity index (χ3n) is 7.16. The highest BCUT2D eigenvalue weighted by atomic mass is 16.5. The van der Waals surface area contributed by atoms with Gasteiger partial charge in [0.05, 0.1) is 0 Å². The van der Waals surface area contributed by atoms with Gasteiger partial charge in [-0.05, 0) is 53.8 Å². The highest BCUT2D eigenvalue weighted by Gasteiger charge is 2.34. The number of ether oxygens (including phenoxy) is 1. The highest BCUT2D eigenvalue weighted by Crippen LogP contribution is 2.22. The maximum absolute atomic E-state index is 14.0. The van der Waals surface area contributed by atoms with E-state index in [2.05, 4.69) is 0 Å². The lowest BCUT2D eigenvalue weighted by Crippen LogP contribution is -2.51. The molecule has 4 aromatic rings. The molecule has 5 heteroatoms. The maximum atomic E-state index is 14.0. The average Bonchev–Trinajstić information content (AvgIpc) is 3.55. The van der Waals surface area contributed by atoms with E-state index < -0.39 is 6.04 Å². The summed E-state index contributed by atoms with van der Waals surface area (Å²) in [6.45, 7) is 2.29. The molecule has 1 atom stereocenters. The van der Waals surface area contributed by atoms with Crippen LogP contribution in [0.5, 0.6) is 5.75 Å². The molecule has 5 rings (SSSR count). The Labute approximate surface area is 230 Å². The number of hydrogen-bond donors (Lipinski definition) is 0. The zero-order valence-electron chi connectivity index (χ0n) is 22.1. The molecule has 0 N–H and O–H groups in total. The molecule has 1 saturated heterocycles. The third-order valence-corrected chi connectivity index (χ3v) is 7.16. The molecular formula is C34H34N2O3. The van der Waals surface area contributed by atoms with Gasteiger partial charge in [0.2, 0.25) is 5.91 Å². The van der Waals surface area contributed by atoms with Gasteiger partial charge in [0.25, 0.3) is 5.91 Å². The minimum atomic E-state index is -0.604. The van der Waals surface area contributed by atoms with Crippen LogP contribution in [0.4, 0.5) is 0 Å². The molecule has 1 heterocycles. The number of rotatable bonds is 10. The Morgan fingerprint density at radius 3 is 1.87 bits per heavy atom. The average molecular weight is 519 g/mol. The number of amides is 2. The lowest BCUT2D eigenvalue weighted by Gasteiger charge is -2.34. The Kier molecular flexibility index (Phi) is 8.69. The second kappa shape index (κ2) is 12.9. The van der Waals surface area contributed by atoms with Crippen molar-refractivity contribution in [2.45, 2.75) is 38.5 Å². The number of carbonyl (C=O) groups is 2. The van der Waals surface area contributed by atoms with Crippen LogP contribution in [-0.2, 0) is 24.4 Å². The van der Waals surface area contributed by atoms with Crippen molar-refractivity contribution in [2.75, 3.05) is 13.1 Å². The first kappa shape index (κ1) is 26.2. The minimum absolute atomic E-state index is 0.0171. The molecule has 1 aliphatic heterocycles. The number of hydrogen-bond acceptors (Lipinski definition) is 3. The summed E-state index contributed by atoms with van der Waals surface area (Å²) in [4.78, 5) is 31.5. The van der Waals surface area contributed by atoms with Crippen LogP contribution in [0.2, 0.25) is 0 Å². The van der Waals surface area contributed by atoms with Crippen LogP contribution >= 0.6 is 0 Å². The monoisotopic (exact) mass is 518 g/mol. The molecule has 0 aromatic heterocycles. The summed E-state index contributed by atoms with van der Waals surface area (Å²) in [7, 11) is 0. The molecule has 1 fully saturated rings. The number of carbonyl (C=O) groups excluding carboxylic acids is 2. The predicted octanol–water partition coefficient (Wildman–Crippen LogP) is 6.14. The van der Waals surface area contributed by atoms with E-state index >= 15 is 0 Å². The van der Waals surface area contributed by atoms with Gasteiger partial charge in [-0.2, -0.15) is 0 Å². The molecule has 1 unspecified atom stereocenters. The van der Waals surface area contributed by atoms with Crippen molar-refractivity contribution in [3.63, 3.8) is 0 Å². The molecule has 0 aliphatic carbocycles. The van der Waals surface area contributed by atoms with E-state index in [1.165, 1.54) is 0 Å². The van der Waals surface area contributed by atoms with Crippen molar-refractivity contribution in [2.24, 2.45) is 0 Å². The molecule has 4 aromatic carbocycles. The van der Waals surface area contributed by atoms with Crippen LogP contribution in [0.1, 0.15) is 39.9 Å². The largest absolute Gasteiger partial charge is 0.489 e. The molecule has 0 bridgehead atoms. The topological polar surface area (TPSA) is 49.9 Å². The van der Waals surface area contributed by atoms with Crippen molar-refractivity contribution < 1.29 is 14.3 Å². The van der Waals surface area contributed by atoms with Crippen LogP contribution in [0.3, 0.4) is 0 Å². The Hall–Kier alpha value is -4.38. The summed E-state index contributed by atoms with van der Waals surface area (Å²) in [5, 5.41) is 0. The first-order valence-corrected chi connectivity index (χ1v) is 13.6. The molecule has 39 heavy (non-hydrogen) atoms. The fraction of sp³-hybridized carbons (Fsp3) is 0.235. The standard InChI is InChI=1S/C34H34N2O3/c37-33(30-16-8-3-9-17-30)36(25-28-18-20-31(21-19-28)39-26-29-14-6-2-7-15-29)32(24-27-12-4-1-5-13-27)34(38)35-22-10-11-23-35/h1-9,12-21,32H,10-11,22-26H2. The van der Waals surface area contributed by atoms with E-state index in [1.54, 1.807) is 4.90 Å². The fourth-order valence-corrected chi connectivity index (χ4v) is 5.02. The number of benzene rings is 4. The van der Waals surface area contributed by atoms with Gasteiger partial charge in [0.15, 0.2) is 0 Å². The second-order valence-electron chi connectivity index (χ2n) is 9.96. The van der Waals surface area contributed by atoms with Crippen LogP contribution < -0.4 is 4.74 Å². The first-order valence-electron chi connectivity index (χ1n) is 13.6. The van der Waals surface area contributed by atoms with Crippen LogP contribution in [0.15, 0.2) is 115 Å². The van der Waals surface area contributed by atoms with Gasteiger partial charge in [0.1, 0.15) is 18.4 Å². The summed E-state index contributed by atoms with van der Waals surface area (Å²) in [5.74, 6) is 0.634. The fourth-order valence-electron chi connectivity index (χ4n) is 5.02. The lowest BCUT2D eigenvalue weighted by atomic mass is 10.0. The quantitative estimate of drug-likeness (QED) is 0.253. The summed E-state index contributed by atoms with van der Waals surface area (Å²) in [5.41, 5.74) is 3.65. The van der Waals surface area contributed by atoms with E-state index in [-0.39, 0.29) is 11.8 Å². The molecule has 198 valence electrons. The van der Waals surface area contributed by atoms with Gasteiger partial charge in [-0.1, -0.05) is 91.0 Å². The van der Waals surface area contributed by atoms with Gasteiger partial charge >= 0.3 is 0 Å². The Morgan fingerprint density at radius 1 is 0.692 bits per heavy atom. The summed E-state index contributed by atoms with van der Waals surface area (Å²) >= 11 is 0. The molecule has 0 saturated carbocycles. The lowest BCUT2D eigenvalue weighted by molar-refractivity contribution is -0.135. The van der Waals surface area contributed by atoms with Crippen molar-refractivity contribution in [1.82, 2.24) is 9.80 Å². The van der Waals surface area contributed by atoms with Gasteiger partial charge in [-0.25, -0.2) is 0 Å². The zero-order chi connectivity index (χ0) is 26.9. The summed E-state index contributed by atoms with van der Waals surface area (Å²) in [6.07, 6.45) is 2.47. The van der Waals surface area contributed by atoms with Gasteiger partial charge < -0.3 is 14.5 Å². The highest BCUT2D eigenvalue weighted by molar-refractivity contribution is 5.97. The van der Waals surface area contributed by atoms with E-state index in [4.69, 9.17) is 4.74 Å². The van der Waals surface area contributed by atoms with Crippen LogP contribution in [0.25, 0.3) is 0 Å². The van der Waals surface area contributed by atoms with Gasteiger partial charge in [-0.3, -0.25) is 9.59 Å². The maximum Gasteiger partial charge on any atom is 0.254 e. The summed E-state index contributed by atoms with van der Waals surface area (Å²) < 4.78 is 5.96. The molecule has 0 radical (unpaired) electrons. The van der Waals surface area contributed by atoms with E-state index in [9.17, 15) is 9.59 Å². The molecule has 2 amide bonds. The molecule has 5 nitrogen and oxygen atoms in total. The van der Waals surface area contributed by atoms with Gasteiger partial charge in [0, 0.05) is 31.6 Å². The number of nitrogens with zero attached hydrogens (tertiary/aromatic N) is 2. The SMILES string of the molecule is O=C(C(Cc1ccccc1)N(Cc1ccc(OCc2ccccc2)cc1)C(=O)c1ccccc1)N1CCCC1. The number of likely N-dealkylation sites (tertiary alicyclic amines) is 1. The van der Waals surface area contributed by atoms with Crippen molar-refractivity contribution >= 4 is 11.8 Å². The third kappa shape index (κ3) is 6.94. The summed E-state index contributed by atoms with van der Waals surface area (Å²) in [6, 6.07) is 36.5. The first-order chi connectivity index (χ1) is 19.2. The Morgan fingerprint density at radius 2 is 1.26 bits per heavy atom. The smallest absolute Gasteiger partial charge is 0.254 e. The second-order valence-corrected chi connectivity index (χ2v) is 9.96. The Balaban J connectivity index is 1.41. The van der Waals surface area contributed by atoms with E-state index in [1.807, 2.05) is 120 Å². The van der Waals surface area contributed by atoms with Crippen LogP contribution in [-0.4, -0.2) is 40.7 Å². The van der Waals surface area contributed by atoms with E-state index in [0.29, 0.717) is 25.1 Å². The Bertz CT molecular complexity index is 1340. The molecule has 0 spiro atoms. The normalized spacial score (nSPS) is 13.6. The van der Waals surface area contributed by atoms with Crippen molar-refractivity contribution in [3.8, 4) is 5.75 Å². The predicted molar refractivity (Wildman–Crippen MR) is 153 cm³/mol.